The number of allylic oxidation sites excluding steroid dienone is 3. The second-order valence-electron chi connectivity index (χ2n) is 13.8. The lowest BCUT2D eigenvalue weighted by atomic mass is 9.76. The van der Waals surface area contributed by atoms with E-state index in [1.165, 1.54) is 6.08 Å². The number of hydrogen-bond acceptors (Lipinski definition) is 6. The molecule has 0 fully saturated rings. The fourth-order valence-electron chi connectivity index (χ4n) is 3.93. The molecule has 2 aromatic rings. The number of ketones is 1. The highest BCUT2D eigenvalue weighted by Gasteiger charge is 2.36. The Morgan fingerprint density at radius 1 is 0.744 bits per heavy atom. The molecule has 0 unspecified atom stereocenters. The quantitative estimate of drug-likeness (QED) is 0.0858. The molecule has 0 aromatic heterocycles. The average Bonchev–Trinajstić information content (AvgIpc) is 2.91. The molecule has 0 aliphatic heterocycles. The summed E-state index contributed by atoms with van der Waals surface area (Å²) in [6.07, 6.45) is 6.77. The van der Waals surface area contributed by atoms with Gasteiger partial charge in [0, 0.05) is 33.1 Å². The summed E-state index contributed by atoms with van der Waals surface area (Å²) in [7, 11) is 0. The summed E-state index contributed by atoms with van der Waals surface area (Å²) in [6, 6.07) is 8.33. The number of carbonyl (C=O) groups is 3. The van der Waals surface area contributed by atoms with E-state index in [1.54, 1.807) is 84.0 Å². The number of esters is 2. The topological polar surface area (TPSA) is 78.9 Å². The summed E-state index contributed by atoms with van der Waals surface area (Å²) < 4.78 is 17.8. The fourth-order valence-corrected chi connectivity index (χ4v) is 3.93. The fraction of sp³-hybridized carbons (Fsp3) is 0.432. The first-order chi connectivity index (χ1) is 19.7. The van der Waals surface area contributed by atoms with Gasteiger partial charge in [-0.2, -0.15) is 0 Å². The van der Waals surface area contributed by atoms with Crippen LogP contribution in [0.3, 0.4) is 0 Å². The van der Waals surface area contributed by atoms with Gasteiger partial charge in [-0.1, -0.05) is 39.8 Å². The second-order valence-corrected chi connectivity index (χ2v) is 13.8. The smallest absolute Gasteiger partial charge is 0.316 e. The van der Waals surface area contributed by atoms with E-state index in [0.717, 1.165) is 5.56 Å². The van der Waals surface area contributed by atoms with Gasteiger partial charge in [-0.3, -0.25) is 14.4 Å². The molecule has 0 radical (unpaired) electrons. The van der Waals surface area contributed by atoms with Gasteiger partial charge in [-0.15, -0.1) is 13.2 Å². The van der Waals surface area contributed by atoms with Crippen LogP contribution in [0.25, 0.3) is 6.08 Å². The van der Waals surface area contributed by atoms with E-state index < -0.39 is 21.7 Å². The van der Waals surface area contributed by atoms with Crippen LogP contribution in [-0.2, 0) is 20.4 Å². The molecule has 0 N–H and O–H groups in total. The molecular weight excluding hydrogens is 540 g/mol. The highest BCUT2D eigenvalue weighted by Crippen LogP contribution is 2.48. The summed E-state index contributed by atoms with van der Waals surface area (Å²) in [5, 5.41) is 0. The molecule has 0 aliphatic rings. The third-order valence-electron chi connectivity index (χ3n) is 7.09. The van der Waals surface area contributed by atoms with Crippen molar-refractivity contribution in [3.05, 3.63) is 84.0 Å². The van der Waals surface area contributed by atoms with Gasteiger partial charge >= 0.3 is 11.9 Å². The Hall–Kier alpha value is -3.93. The van der Waals surface area contributed by atoms with Crippen molar-refractivity contribution in [1.82, 2.24) is 0 Å². The SMILES string of the molecule is C=CC(C)(C)c1cc(C=CC(=O)c2ccc(OC(=O)C(C)(C)C)cc2)c(OCC)c(C(C)(C)C=C)c1OC(=O)C(C)(C)C. The molecule has 0 saturated heterocycles. The minimum Gasteiger partial charge on any atom is -0.493 e. The van der Waals surface area contributed by atoms with Gasteiger partial charge < -0.3 is 14.2 Å². The van der Waals surface area contributed by atoms with Crippen LogP contribution in [0.15, 0.2) is 61.7 Å². The lowest BCUT2D eigenvalue weighted by molar-refractivity contribution is -0.143. The van der Waals surface area contributed by atoms with Gasteiger partial charge in [0.1, 0.15) is 17.2 Å². The van der Waals surface area contributed by atoms with E-state index in [4.69, 9.17) is 14.2 Å². The van der Waals surface area contributed by atoms with Crippen LogP contribution < -0.4 is 14.2 Å². The maximum atomic E-state index is 13.2. The van der Waals surface area contributed by atoms with Crippen LogP contribution in [0.5, 0.6) is 17.2 Å². The normalized spacial score (nSPS) is 12.5. The van der Waals surface area contributed by atoms with E-state index in [2.05, 4.69) is 13.2 Å². The zero-order valence-electron chi connectivity index (χ0n) is 27.8. The van der Waals surface area contributed by atoms with Gasteiger partial charge in [0.2, 0.25) is 0 Å². The number of hydrogen-bond donors (Lipinski definition) is 0. The molecule has 2 rings (SSSR count). The maximum Gasteiger partial charge on any atom is 0.316 e. The van der Waals surface area contributed by atoms with Crippen molar-refractivity contribution in [2.75, 3.05) is 6.61 Å². The van der Waals surface area contributed by atoms with Gasteiger partial charge in [0.05, 0.1) is 17.4 Å². The lowest BCUT2D eigenvalue weighted by Crippen LogP contribution is -2.30. The number of ether oxygens (including phenoxy) is 3. The Kier molecular flexibility index (Phi) is 10.8. The second kappa shape index (κ2) is 13.2. The molecule has 43 heavy (non-hydrogen) atoms. The Bertz CT molecular complexity index is 1410. The molecule has 0 spiro atoms. The van der Waals surface area contributed by atoms with Crippen LogP contribution in [0.4, 0.5) is 0 Å². The van der Waals surface area contributed by atoms with Crippen molar-refractivity contribution in [1.29, 1.82) is 0 Å². The molecule has 0 bridgehead atoms. The van der Waals surface area contributed by atoms with Crippen molar-refractivity contribution >= 4 is 23.8 Å². The third kappa shape index (κ3) is 8.56. The van der Waals surface area contributed by atoms with Crippen LogP contribution in [0.1, 0.15) is 103 Å². The van der Waals surface area contributed by atoms with Crippen molar-refractivity contribution in [2.45, 2.75) is 87.0 Å². The third-order valence-corrected chi connectivity index (χ3v) is 7.09. The van der Waals surface area contributed by atoms with Crippen LogP contribution >= 0.6 is 0 Å². The predicted molar refractivity (Wildman–Crippen MR) is 174 cm³/mol. The molecule has 0 atom stereocenters. The zero-order valence-corrected chi connectivity index (χ0v) is 27.8. The minimum atomic E-state index is -0.747. The monoisotopic (exact) mass is 588 g/mol. The van der Waals surface area contributed by atoms with Gasteiger partial charge in [-0.05, 0) is 91.0 Å². The van der Waals surface area contributed by atoms with E-state index in [1.807, 2.05) is 40.7 Å². The van der Waals surface area contributed by atoms with E-state index in [9.17, 15) is 14.4 Å². The summed E-state index contributed by atoms with van der Waals surface area (Å²) >= 11 is 0. The number of benzene rings is 2. The predicted octanol–water partition coefficient (Wildman–Crippen LogP) is 8.81. The minimum absolute atomic E-state index is 0.242. The van der Waals surface area contributed by atoms with E-state index in [-0.39, 0.29) is 17.7 Å². The van der Waals surface area contributed by atoms with Crippen molar-refractivity contribution < 1.29 is 28.6 Å². The zero-order chi connectivity index (χ0) is 33.0. The summed E-state index contributed by atoms with van der Waals surface area (Å²) in [4.78, 5) is 38.7. The first-order valence-electron chi connectivity index (χ1n) is 14.6. The highest BCUT2D eigenvalue weighted by atomic mass is 16.5. The van der Waals surface area contributed by atoms with Crippen LogP contribution in [0.2, 0.25) is 0 Å². The van der Waals surface area contributed by atoms with Gasteiger partial charge in [-0.25, -0.2) is 0 Å². The molecule has 0 heterocycles. The van der Waals surface area contributed by atoms with Crippen LogP contribution in [-0.4, -0.2) is 24.3 Å². The summed E-state index contributed by atoms with van der Waals surface area (Å²) in [5.74, 6) is 0.291. The van der Waals surface area contributed by atoms with E-state index in [0.29, 0.717) is 40.5 Å². The largest absolute Gasteiger partial charge is 0.493 e. The standard InChI is InChI=1S/C37H48O6/c1-14-36(10,11)27-23-25(19-22-28(38)24-17-20-26(21-18-24)42-32(39)34(4,5)6)30(41-16-3)29(37(12,13)15-2)31(27)43-33(40)35(7,8)9/h14-15,17-23H,1-2,16H2,3-13H3. The first-order valence-corrected chi connectivity index (χ1v) is 14.6. The summed E-state index contributed by atoms with van der Waals surface area (Å²) in [5.41, 5.74) is -0.196. The first kappa shape index (κ1) is 35.3. The Labute approximate surface area is 257 Å². The molecule has 6 nitrogen and oxygen atoms in total. The van der Waals surface area contributed by atoms with Gasteiger partial charge in [0.15, 0.2) is 5.78 Å². The molecule has 6 heteroatoms. The highest BCUT2D eigenvalue weighted by molar-refractivity contribution is 6.07. The van der Waals surface area contributed by atoms with Crippen LogP contribution in [0, 0.1) is 10.8 Å². The lowest BCUT2D eigenvalue weighted by Gasteiger charge is -2.33. The van der Waals surface area contributed by atoms with Crippen molar-refractivity contribution in [3.63, 3.8) is 0 Å². The number of carbonyl (C=O) groups excluding carboxylic acids is 3. The number of rotatable bonds is 11. The molecule has 0 saturated carbocycles. The molecule has 2 aromatic carbocycles. The molecule has 0 aliphatic carbocycles. The molecule has 0 amide bonds. The van der Waals surface area contributed by atoms with Gasteiger partial charge in [0.25, 0.3) is 0 Å². The van der Waals surface area contributed by atoms with Crippen molar-refractivity contribution in [3.8, 4) is 17.2 Å². The average molecular weight is 589 g/mol. The molecule has 232 valence electrons. The van der Waals surface area contributed by atoms with E-state index >= 15 is 0 Å². The van der Waals surface area contributed by atoms with Crippen molar-refractivity contribution in [2.24, 2.45) is 10.8 Å². The Morgan fingerprint density at radius 2 is 1.26 bits per heavy atom. The molecular formula is C37H48O6. The summed E-state index contributed by atoms with van der Waals surface area (Å²) in [6.45, 7) is 29.0. The Morgan fingerprint density at radius 3 is 1.72 bits per heavy atom. The maximum absolute atomic E-state index is 13.2. The Balaban J connectivity index is 2.73.